The van der Waals surface area contributed by atoms with Crippen LogP contribution in [-0.4, -0.2) is 9.67 Å². The Bertz CT molecular complexity index is 470. The van der Waals surface area contributed by atoms with Crippen molar-refractivity contribution >= 4 is 11.6 Å². The predicted molar refractivity (Wildman–Crippen MR) is 66.2 cm³/mol. The summed E-state index contributed by atoms with van der Waals surface area (Å²) < 4.78 is 3.96. The number of benzene rings is 1. The molecule has 0 unspecified atom stereocenters. The molecule has 0 amide bonds. The number of hydrazine groups is 1. The zero-order valence-corrected chi connectivity index (χ0v) is 10.0. The average Bonchev–Trinajstić information content (AvgIpc) is 2.67. The molecular formula is C12H17N4O+. The molecule has 1 heterocycles. The van der Waals surface area contributed by atoms with Gasteiger partial charge in [0, 0.05) is 0 Å². The molecule has 17 heavy (non-hydrogen) atoms. The second kappa shape index (κ2) is 4.88. The van der Waals surface area contributed by atoms with Crippen molar-refractivity contribution in [1.29, 1.82) is 0 Å². The van der Waals surface area contributed by atoms with Crippen LogP contribution < -0.4 is 15.4 Å². The van der Waals surface area contributed by atoms with Crippen molar-refractivity contribution in [2.24, 2.45) is 14.1 Å². The summed E-state index contributed by atoms with van der Waals surface area (Å²) in [5, 5.41) is 8.94. The number of nitrogens with one attached hydrogen (secondary N) is 2. The molecular weight excluding hydrogens is 216 g/mol. The Morgan fingerprint density at radius 1 is 1.24 bits per heavy atom. The minimum absolute atomic E-state index is 0.0699. The van der Waals surface area contributed by atoms with Crippen molar-refractivity contribution in [3.63, 3.8) is 0 Å². The molecule has 0 fully saturated rings. The van der Waals surface area contributed by atoms with E-state index in [-0.39, 0.29) is 6.61 Å². The number of imidazole rings is 1. The van der Waals surface area contributed by atoms with E-state index in [0.29, 0.717) is 0 Å². The van der Waals surface area contributed by atoms with Crippen LogP contribution in [0.25, 0.3) is 0 Å². The van der Waals surface area contributed by atoms with Gasteiger partial charge >= 0.3 is 5.95 Å². The van der Waals surface area contributed by atoms with Crippen LogP contribution in [0, 0.1) is 0 Å². The van der Waals surface area contributed by atoms with Crippen LogP contribution in [0.3, 0.4) is 0 Å². The second-order valence-corrected chi connectivity index (χ2v) is 3.95. The van der Waals surface area contributed by atoms with Crippen LogP contribution in [-0.2, 0) is 20.7 Å². The highest BCUT2D eigenvalue weighted by atomic mass is 16.3. The molecule has 0 bridgehead atoms. The fraction of sp³-hybridized carbons (Fsp3) is 0.250. The highest BCUT2D eigenvalue weighted by Gasteiger charge is 2.09. The number of aliphatic hydroxyl groups is 1. The Morgan fingerprint density at radius 3 is 2.47 bits per heavy atom. The maximum absolute atomic E-state index is 8.94. The molecule has 1 aromatic carbocycles. The molecule has 1 aromatic heterocycles. The molecule has 0 spiro atoms. The van der Waals surface area contributed by atoms with Crippen molar-refractivity contribution in [2.75, 3.05) is 10.9 Å². The number of nitrogens with zero attached hydrogens (tertiary/aromatic N) is 2. The molecule has 0 saturated heterocycles. The molecule has 0 aliphatic heterocycles. The van der Waals surface area contributed by atoms with Crippen LogP contribution >= 0.6 is 0 Å². The van der Waals surface area contributed by atoms with Crippen molar-refractivity contribution in [1.82, 2.24) is 4.57 Å². The fourth-order valence-corrected chi connectivity index (χ4v) is 1.59. The van der Waals surface area contributed by atoms with Gasteiger partial charge in [0.15, 0.2) is 0 Å². The zero-order valence-electron chi connectivity index (χ0n) is 10.0. The molecule has 3 N–H and O–H groups in total. The van der Waals surface area contributed by atoms with Crippen molar-refractivity contribution in [3.05, 3.63) is 42.2 Å². The summed E-state index contributed by atoms with van der Waals surface area (Å²) in [4.78, 5) is 0. The standard InChI is InChI=1S/C12H16N4O/c1-15-7-8-16(2)12(15)14-13-11-5-3-10(9-17)4-6-11/h3-8,13,17H,9H2,1-2H3/p+1. The Kier molecular flexibility index (Phi) is 3.30. The van der Waals surface area contributed by atoms with Crippen LogP contribution in [0.5, 0.6) is 0 Å². The number of aryl methyl sites for hydroxylation is 2. The van der Waals surface area contributed by atoms with Gasteiger partial charge in [-0.1, -0.05) is 12.1 Å². The SMILES string of the molecule is Cn1cc[n+](C)c1NNc1ccc(CO)cc1. The first kappa shape index (κ1) is 11.5. The Hall–Kier alpha value is -2.01. The Balaban J connectivity index is 2.02. The summed E-state index contributed by atoms with van der Waals surface area (Å²) in [5.41, 5.74) is 8.09. The van der Waals surface area contributed by atoms with E-state index in [1.165, 1.54) is 0 Å². The van der Waals surface area contributed by atoms with Gasteiger partial charge in [-0.05, 0) is 17.7 Å². The van der Waals surface area contributed by atoms with Gasteiger partial charge in [0.2, 0.25) is 0 Å². The summed E-state index contributed by atoms with van der Waals surface area (Å²) in [6, 6.07) is 7.60. The fourth-order valence-electron chi connectivity index (χ4n) is 1.59. The molecule has 0 aliphatic carbocycles. The minimum Gasteiger partial charge on any atom is -0.392 e. The monoisotopic (exact) mass is 233 g/mol. The largest absolute Gasteiger partial charge is 0.392 e. The van der Waals surface area contributed by atoms with Crippen molar-refractivity contribution < 1.29 is 9.67 Å². The lowest BCUT2D eigenvalue weighted by molar-refractivity contribution is -0.656. The van der Waals surface area contributed by atoms with E-state index in [0.717, 1.165) is 17.2 Å². The van der Waals surface area contributed by atoms with Crippen LogP contribution in [0.15, 0.2) is 36.7 Å². The van der Waals surface area contributed by atoms with Gasteiger partial charge in [-0.2, -0.15) is 5.43 Å². The van der Waals surface area contributed by atoms with Crippen LogP contribution in [0.4, 0.5) is 11.6 Å². The number of anilines is 2. The van der Waals surface area contributed by atoms with Gasteiger partial charge in [-0.25, -0.2) is 9.13 Å². The third-order valence-corrected chi connectivity index (χ3v) is 2.64. The van der Waals surface area contributed by atoms with Gasteiger partial charge < -0.3 is 5.11 Å². The second-order valence-electron chi connectivity index (χ2n) is 3.95. The van der Waals surface area contributed by atoms with Crippen LogP contribution in [0.2, 0.25) is 0 Å². The van der Waals surface area contributed by atoms with E-state index in [1.807, 2.05) is 59.9 Å². The highest BCUT2D eigenvalue weighted by Crippen LogP contribution is 2.09. The third kappa shape index (κ3) is 2.57. The summed E-state index contributed by atoms with van der Waals surface area (Å²) in [6.07, 6.45) is 3.94. The average molecular weight is 233 g/mol. The predicted octanol–water partition coefficient (Wildman–Crippen LogP) is 0.781. The quantitative estimate of drug-likeness (QED) is 0.540. The van der Waals surface area contributed by atoms with Crippen molar-refractivity contribution in [3.8, 4) is 0 Å². The van der Waals surface area contributed by atoms with E-state index in [9.17, 15) is 0 Å². The first-order chi connectivity index (χ1) is 8.20. The number of rotatable bonds is 4. The van der Waals surface area contributed by atoms with E-state index < -0.39 is 0 Å². The van der Waals surface area contributed by atoms with Gasteiger partial charge in [-0.3, -0.25) is 5.43 Å². The summed E-state index contributed by atoms with van der Waals surface area (Å²) >= 11 is 0. The lowest BCUT2D eigenvalue weighted by Crippen LogP contribution is -2.32. The third-order valence-electron chi connectivity index (χ3n) is 2.64. The number of aliphatic hydroxyl groups excluding tert-OH is 1. The molecule has 0 radical (unpaired) electrons. The Labute approximate surface area is 100 Å². The van der Waals surface area contributed by atoms with Gasteiger partial charge in [-0.15, -0.1) is 0 Å². The first-order valence-corrected chi connectivity index (χ1v) is 5.43. The van der Waals surface area contributed by atoms with Gasteiger partial charge in [0.1, 0.15) is 0 Å². The molecule has 90 valence electrons. The summed E-state index contributed by atoms with van der Waals surface area (Å²) in [7, 11) is 3.94. The van der Waals surface area contributed by atoms with Gasteiger partial charge in [0.05, 0.1) is 38.8 Å². The minimum atomic E-state index is 0.0699. The zero-order chi connectivity index (χ0) is 12.3. The van der Waals surface area contributed by atoms with E-state index in [2.05, 4.69) is 10.9 Å². The van der Waals surface area contributed by atoms with E-state index >= 15 is 0 Å². The van der Waals surface area contributed by atoms with Gasteiger partial charge in [0.25, 0.3) is 0 Å². The highest BCUT2D eigenvalue weighted by molar-refractivity contribution is 5.47. The molecule has 0 aliphatic rings. The number of aromatic nitrogens is 2. The molecule has 5 nitrogen and oxygen atoms in total. The molecule has 2 rings (SSSR count). The molecule has 0 atom stereocenters. The van der Waals surface area contributed by atoms with E-state index in [4.69, 9.17) is 5.11 Å². The Morgan fingerprint density at radius 2 is 1.94 bits per heavy atom. The number of hydrogen-bond donors (Lipinski definition) is 3. The lowest BCUT2D eigenvalue weighted by Gasteiger charge is -2.05. The topological polar surface area (TPSA) is 53.1 Å². The number of hydrogen-bond acceptors (Lipinski definition) is 3. The maximum atomic E-state index is 8.94. The maximum Gasteiger partial charge on any atom is 0.378 e. The molecule has 2 aromatic rings. The first-order valence-electron chi connectivity index (χ1n) is 5.43. The van der Waals surface area contributed by atoms with Crippen LogP contribution in [0.1, 0.15) is 5.56 Å². The smallest absolute Gasteiger partial charge is 0.378 e. The molecule has 0 saturated carbocycles. The molecule has 5 heteroatoms. The summed E-state index contributed by atoms with van der Waals surface area (Å²) in [6.45, 7) is 0.0699. The van der Waals surface area contributed by atoms with E-state index in [1.54, 1.807) is 0 Å². The summed E-state index contributed by atoms with van der Waals surface area (Å²) in [5.74, 6) is 0.955. The van der Waals surface area contributed by atoms with Crippen molar-refractivity contribution in [2.45, 2.75) is 6.61 Å². The lowest BCUT2D eigenvalue weighted by atomic mass is 10.2. The normalized spacial score (nSPS) is 10.3.